The van der Waals surface area contributed by atoms with Crippen molar-refractivity contribution < 1.29 is 9.53 Å². The van der Waals surface area contributed by atoms with Crippen molar-refractivity contribution in [3.05, 3.63) is 23.8 Å². The van der Waals surface area contributed by atoms with Gasteiger partial charge in [0.2, 0.25) is 5.91 Å². The maximum absolute atomic E-state index is 11.8. The van der Waals surface area contributed by atoms with E-state index in [-0.39, 0.29) is 12.0 Å². The summed E-state index contributed by atoms with van der Waals surface area (Å²) in [5.74, 6) is 0.856. The third-order valence-corrected chi connectivity index (χ3v) is 2.80. The summed E-state index contributed by atoms with van der Waals surface area (Å²) in [7, 11) is 0. The zero-order chi connectivity index (χ0) is 13.3. The van der Waals surface area contributed by atoms with Crippen LogP contribution in [0.4, 0.5) is 5.69 Å². The van der Waals surface area contributed by atoms with Crippen LogP contribution in [0.15, 0.2) is 18.2 Å². The topological polar surface area (TPSA) is 64.4 Å². The lowest BCUT2D eigenvalue weighted by Crippen LogP contribution is -2.36. The standard InChI is InChI=1S/C14H20N2O2/c1-9-6-10-7-11(4-5-12(10)18-9)16-13(17)8-14(2,3)15/h4-5,7,9H,6,8,15H2,1-3H3,(H,16,17). The molecule has 0 fully saturated rings. The normalized spacial score (nSPS) is 18.1. The van der Waals surface area contributed by atoms with Crippen molar-refractivity contribution in [2.24, 2.45) is 5.73 Å². The second-order valence-electron chi connectivity index (χ2n) is 5.67. The van der Waals surface area contributed by atoms with Crippen molar-refractivity contribution in [1.29, 1.82) is 0 Å². The first-order valence-electron chi connectivity index (χ1n) is 6.22. The van der Waals surface area contributed by atoms with Crippen molar-refractivity contribution in [3.63, 3.8) is 0 Å². The summed E-state index contributed by atoms with van der Waals surface area (Å²) in [6.45, 7) is 5.71. The van der Waals surface area contributed by atoms with Gasteiger partial charge >= 0.3 is 0 Å². The van der Waals surface area contributed by atoms with Gasteiger partial charge in [0.15, 0.2) is 0 Å². The van der Waals surface area contributed by atoms with Crippen LogP contribution in [0.2, 0.25) is 0 Å². The Morgan fingerprint density at radius 2 is 2.28 bits per heavy atom. The molecule has 0 spiro atoms. The van der Waals surface area contributed by atoms with Gasteiger partial charge in [-0.05, 0) is 44.5 Å². The van der Waals surface area contributed by atoms with E-state index in [1.807, 2.05) is 39.0 Å². The van der Waals surface area contributed by atoms with E-state index < -0.39 is 5.54 Å². The van der Waals surface area contributed by atoms with Crippen molar-refractivity contribution in [2.75, 3.05) is 5.32 Å². The molecule has 4 nitrogen and oxygen atoms in total. The fourth-order valence-corrected chi connectivity index (χ4v) is 2.12. The van der Waals surface area contributed by atoms with Crippen LogP contribution in [0.1, 0.15) is 32.8 Å². The van der Waals surface area contributed by atoms with E-state index in [1.54, 1.807) is 0 Å². The van der Waals surface area contributed by atoms with Crippen LogP contribution in [0, 0.1) is 0 Å². The highest BCUT2D eigenvalue weighted by atomic mass is 16.5. The molecule has 0 aliphatic carbocycles. The van der Waals surface area contributed by atoms with Gasteiger partial charge in [0.25, 0.3) is 0 Å². The Kier molecular flexibility index (Phi) is 3.30. The fraction of sp³-hybridized carbons (Fsp3) is 0.500. The van der Waals surface area contributed by atoms with Gasteiger partial charge in [-0.1, -0.05) is 0 Å². The van der Waals surface area contributed by atoms with E-state index in [0.29, 0.717) is 6.42 Å². The van der Waals surface area contributed by atoms with Crippen molar-refractivity contribution >= 4 is 11.6 Å². The highest BCUT2D eigenvalue weighted by Crippen LogP contribution is 2.31. The quantitative estimate of drug-likeness (QED) is 0.860. The van der Waals surface area contributed by atoms with Crippen molar-refractivity contribution in [2.45, 2.75) is 45.3 Å². The van der Waals surface area contributed by atoms with Crippen LogP contribution in [0.25, 0.3) is 0 Å². The molecule has 0 aromatic heterocycles. The zero-order valence-corrected chi connectivity index (χ0v) is 11.1. The molecule has 0 bridgehead atoms. The van der Waals surface area contributed by atoms with E-state index in [0.717, 1.165) is 23.4 Å². The smallest absolute Gasteiger partial charge is 0.226 e. The van der Waals surface area contributed by atoms with Gasteiger partial charge in [-0.15, -0.1) is 0 Å². The van der Waals surface area contributed by atoms with Crippen molar-refractivity contribution in [1.82, 2.24) is 0 Å². The molecule has 3 N–H and O–H groups in total. The van der Waals surface area contributed by atoms with Crippen LogP contribution >= 0.6 is 0 Å². The second kappa shape index (κ2) is 4.61. The van der Waals surface area contributed by atoms with Gasteiger partial charge in [0.05, 0.1) is 0 Å². The Hall–Kier alpha value is -1.55. The van der Waals surface area contributed by atoms with E-state index in [1.165, 1.54) is 0 Å². The third kappa shape index (κ3) is 3.23. The SMILES string of the molecule is CC1Cc2cc(NC(=O)CC(C)(C)N)ccc2O1. The van der Waals surface area contributed by atoms with Crippen LogP contribution in [0.5, 0.6) is 5.75 Å². The third-order valence-electron chi connectivity index (χ3n) is 2.80. The van der Waals surface area contributed by atoms with Crippen molar-refractivity contribution in [3.8, 4) is 5.75 Å². The number of hydrogen-bond donors (Lipinski definition) is 2. The van der Waals surface area contributed by atoms with E-state index >= 15 is 0 Å². The Balaban J connectivity index is 2.03. The molecule has 98 valence electrons. The molecule has 1 unspecified atom stereocenters. The van der Waals surface area contributed by atoms with Gasteiger partial charge in [0.1, 0.15) is 11.9 Å². The molecule has 0 saturated carbocycles. The first kappa shape index (κ1) is 12.9. The lowest BCUT2D eigenvalue weighted by molar-refractivity contribution is -0.117. The molecule has 1 aromatic rings. The van der Waals surface area contributed by atoms with Gasteiger partial charge in [0, 0.05) is 24.1 Å². The number of rotatable bonds is 3. The summed E-state index contributed by atoms with van der Waals surface area (Å²) in [6.07, 6.45) is 1.41. The molecule has 0 radical (unpaired) electrons. The number of nitrogens with two attached hydrogens (primary N) is 1. The lowest BCUT2D eigenvalue weighted by Gasteiger charge is -2.17. The molecule has 1 aliphatic heterocycles. The maximum atomic E-state index is 11.8. The first-order chi connectivity index (χ1) is 8.33. The van der Waals surface area contributed by atoms with E-state index in [4.69, 9.17) is 10.5 Å². The van der Waals surface area contributed by atoms with Gasteiger partial charge in [-0.2, -0.15) is 0 Å². The molecule has 0 saturated heterocycles. The highest BCUT2D eigenvalue weighted by molar-refractivity contribution is 5.91. The average molecular weight is 248 g/mol. The Labute approximate surface area is 108 Å². The summed E-state index contributed by atoms with van der Waals surface area (Å²) in [6, 6.07) is 5.74. The predicted octanol–water partition coefficient (Wildman–Crippen LogP) is 2.08. The average Bonchev–Trinajstić information content (AvgIpc) is 2.53. The number of carbonyl (C=O) groups is 1. The lowest BCUT2D eigenvalue weighted by atomic mass is 10.0. The minimum absolute atomic E-state index is 0.0607. The molecule has 18 heavy (non-hydrogen) atoms. The first-order valence-corrected chi connectivity index (χ1v) is 6.22. The Morgan fingerprint density at radius 3 is 2.94 bits per heavy atom. The van der Waals surface area contributed by atoms with Gasteiger partial charge in [-0.3, -0.25) is 4.79 Å². The summed E-state index contributed by atoms with van der Waals surface area (Å²) in [5.41, 5.74) is 7.28. The van der Waals surface area contributed by atoms with E-state index in [9.17, 15) is 4.79 Å². The molecule has 4 heteroatoms. The summed E-state index contributed by atoms with van der Waals surface area (Å²) in [5, 5.41) is 2.87. The summed E-state index contributed by atoms with van der Waals surface area (Å²) >= 11 is 0. The number of hydrogen-bond acceptors (Lipinski definition) is 3. The molecule has 1 heterocycles. The number of ether oxygens (including phenoxy) is 1. The summed E-state index contributed by atoms with van der Waals surface area (Å²) in [4.78, 5) is 11.8. The number of carbonyl (C=O) groups excluding carboxylic acids is 1. The number of benzene rings is 1. The Morgan fingerprint density at radius 1 is 1.56 bits per heavy atom. The molecule has 1 aromatic carbocycles. The summed E-state index contributed by atoms with van der Waals surface area (Å²) < 4.78 is 5.61. The van der Waals surface area contributed by atoms with Crippen LogP contribution in [-0.2, 0) is 11.2 Å². The molecular formula is C14H20N2O2. The largest absolute Gasteiger partial charge is 0.490 e. The molecule has 1 aliphatic rings. The predicted molar refractivity (Wildman–Crippen MR) is 71.7 cm³/mol. The van der Waals surface area contributed by atoms with Gasteiger partial charge in [-0.25, -0.2) is 0 Å². The van der Waals surface area contributed by atoms with Crippen LogP contribution in [-0.4, -0.2) is 17.6 Å². The minimum Gasteiger partial charge on any atom is -0.490 e. The second-order valence-corrected chi connectivity index (χ2v) is 5.67. The Bertz CT molecular complexity index is 463. The number of fused-ring (bicyclic) bond motifs is 1. The van der Waals surface area contributed by atoms with E-state index in [2.05, 4.69) is 5.32 Å². The van der Waals surface area contributed by atoms with Gasteiger partial charge < -0.3 is 15.8 Å². The molecule has 2 rings (SSSR count). The molecule has 1 amide bonds. The zero-order valence-electron chi connectivity index (χ0n) is 11.1. The number of anilines is 1. The number of amides is 1. The molecule has 1 atom stereocenters. The highest BCUT2D eigenvalue weighted by Gasteiger charge is 2.20. The van der Waals surface area contributed by atoms with Crippen LogP contribution in [0.3, 0.4) is 0 Å². The fourth-order valence-electron chi connectivity index (χ4n) is 2.12. The maximum Gasteiger partial charge on any atom is 0.226 e. The minimum atomic E-state index is -0.488. The van der Waals surface area contributed by atoms with Crippen LogP contribution < -0.4 is 15.8 Å². The number of nitrogens with one attached hydrogen (secondary N) is 1. The monoisotopic (exact) mass is 248 g/mol. The molecular weight excluding hydrogens is 228 g/mol.